The van der Waals surface area contributed by atoms with Crippen LogP contribution in [-0.2, 0) is 46.2 Å². The lowest BCUT2D eigenvalue weighted by Crippen LogP contribution is -2.55. The van der Waals surface area contributed by atoms with Gasteiger partial charge in [-0.1, -0.05) is 0 Å². The number of hydrogen-bond donors (Lipinski definition) is 0. The van der Waals surface area contributed by atoms with Crippen molar-refractivity contribution in [2.75, 3.05) is 39.6 Å². The highest BCUT2D eigenvalue weighted by atomic mass is 28.4. The van der Waals surface area contributed by atoms with Gasteiger partial charge in [-0.2, -0.15) is 0 Å². The lowest BCUT2D eigenvalue weighted by atomic mass is 10.4. The highest BCUT2D eigenvalue weighted by Crippen LogP contribution is 2.19. The van der Waals surface area contributed by atoms with Crippen LogP contribution in [0.1, 0.15) is 60.8 Å². The molecule has 0 unspecified atom stereocenters. The maximum absolute atomic E-state index is 13.6. The van der Waals surface area contributed by atoms with E-state index in [-0.39, 0.29) is 19.6 Å². The summed E-state index contributed by atoms with van der Waals surface area (Å²) in [5.74, 6) is 0. The van der Waals surface area contributed by atoms with Crippen LogP contribution >= 0.6 is 0 Å². The molecule has 0 bridgehead atoms. The lowest BCUT2D eigenvalue weighted by molar-refractivity contribution is 0.0704. The average molecular weight is 652 g/mol. The summed E-state index contributed by atoms with van der Waals surface area (Å²) in [6.45, 7) is 21.3. The predicted molar refractivity (Wildman–Crippen MR) is 172 cm³/mol. The zero-order valence-electron chi connectivity index (χ0n) is 27.6. The van der Waals surface area contributed by atoms with Gasteiger partial charge in [-0.05, 0) is 92.5 Å². The maximum atomic E-state index is 13.6. The van der Waals surface area contributed by atoms with Crippen LogP contribution in [-0.4, -0.2) is 79.0 Å². The van der Waals surface area contributed by atoms with E-state index in [1.165, 1.54) is 13.7 Å². The normalized spacial score (nSPS) is 12.8. The maximum Gasteiger partial charge on any atom is 0.500 e. The molecule has 0 aliphatic heterocycles. The van der Waals surface area contributed by atoms with Crippen LogP contribution in [0.15, 0.2) is 14.4 Å². The van der Waals surface area contributed by atoms with E-state index in [1.54, 1.807) is 0 Å². The van der Waals surface area contributed by atoms with Gasteiger partial charge in [0.15, 0.2) is 8.32 Å². The topological polar surface area (TPSA) is 121 Å². The Bertz CT molecular complexity index is 1070. The molecule has 15 heteroatoms. The van der Waals surface area contributed by atoms with Crippen LogP contribution in [0.4, 0.5) is 0 Å². The second-order valence-corrected chi connectivity index (χ2v) is 21.2. The van der Waals surface area contributed by atoms with E-state index in [2.05, 4.69) is 13.1 Å². The predicted octanol–water partition coefficient (Wildman–Crippen LogP) is 3.78. The number of rotatable bonds is 24. The smallest absolute Gasteiger partial charge is 0.418 e. The minimum atomic E-state index is -2.96. The molecule has 0 atom stereocenters. The van der Waals surface area contributed by atoms with E-state index in [0.29, 0.717) is 71.0 Å². The van der Waals surface area contributed by atoms with Gasteiger partial charge in [-0.15, -0.1) is 0 Å². The minimum absolute atomic E-state index is 0.128. The van der Waals surface area contributed by atoms with E-state index in [9.17, 15) is 14.4 Å². The fourth-order valence-electron chi connectivity index (χ4n) is 5.19. The average Bonchev–Trinajstić information content (AvgIpc) is 2.90. The van der Waals surface area contributed by atoms with Crippen molar-refractivity contribution < 1.29 is 26.6 Å². The van der Waals surface area contributed by atoms with Crippen LogP contribution < -0.4 is 17.1 Å². The molecule has 0 aliphatic rings. The number of hydrogen-bond acceptors (Lipinski definition) is 9. The Labute approximate surface area is 255 Å². The molecule has 42 heavy (non-hydrogen) atoms. The van der Waals surface area contributed by atoms with Crippen molar-refractivity contribution in [3.05, 3.63) is 31.5 Å². The second kappa shape index (κ2) is 19.3. The summed E-state index contributed by atoms with van der Waals surface area (Å²) < 4.78 is 39.2. The minimum Gasteiger partial charge on any atom is -0.418 e. The van der Waals surface area contributed by atoms with Crippen LogP contribution in [0.2, 0.25) is 37.8 Å². The molecule has 0 fully saturated rings. The van der Waals surface area contributed by atoms with Crippen molar-refractivity contribution in [3.8, 4) is 0 Å². The molecule has 0 aliphatic carbocycles. The Balaban J connectivity index is 3.36. The summed E-state index contributed by atoms with van der Waals surface area (Å²) in [5.41, 5.74) is -1.76. The standard InChI is InChI=1S/C27H57N3O9Si3/c1-10-34-40(7,8)22-16-19-28-25(31)29(20-17-23-41(9,35-11-2)36-12-3)27(33)30(26(28)32)21-18-24-42(37-13-4,38-14-5)39-15-6/h10-24H2,1-9H3. The van der Waals surface area contributed by atoms with Crippen molar-refractivity contribution in [3.63, 3.8) is 0 Å². The highest BCUT2D eigenvalue weighted by Gasteiger charge is 2.40. The fourth-order valence-corrected chi connectivity index (χ4v) is 12.1. The van der Waals surface area contributed by atoms with Crippen molar-refractivity contribution in [2.45, 2.75) is 118 Å². The zero-order chi connectivity index (χ0) is 31.8. The van der Waals surface area contributed by atoms with Gasteiger partial charge in [0.05, 0.1) is 0 Å². The van der Waals surface area contributed by atoms with Gasteiger partial charge in [0, 0.05) is 65.3 Å². The molecule has 1 aromatic heterocycles. The van der Waals surface area contributed by atoms with Gasteiger partial charge in [-0.25, -0.2) is 28.1 Å². The van der Waals surface area contributed by atoms with E-state index in [0.717, 1.165) is 6.04 Å². The monoisotopic (exact) mass is 651 g/mol. The Morgan fingerprint density at radius 1 is 0.476 bits per heavy atom. The lowest BCUT2D eigenvalue weighted by Gasteiger charge is -2.28. The number of nitrogens with zero attached hydrogens (tertiary/aromatic N) is 3. The van der Waals surface area contributed by atoms with Crippen LogP contribution in [0.5, 0.6) is 0 Å². The first-order valence-electron chi connectivity index (χ1n) is 15.7. The Hall–Kier alpha value is -1.18. The first-order valence-corrected chi connectivity index (χ1v) is 23.2. The van der Waals surface area contributed by atoms with Gasteiger partial charge in [0.1, 0.15) is 0 Å². The summed E-state index contributed by atoms with van der Waals surface area (Å²) in [6.07, 6.45) is 1.57. The van der Waals surface area contributed by atoms with Crippen molar-refractivity contribution >= 4 is 25.7 Å². The zero-order valence-corrected chi connectivity index (χ0v) is 30.6. The molecule has 0 spiro atoms. The fraction of sp³-hybridized carbons (Fsp3) is 0.889. The van der Waals surface area contributed by atoms with E-state index < -0.39 is 42.8 Å². The largest absolute Gasteiger partial charge is 0.500 e. The molecule has 0 aromatic carbocycles. The molecule has 246 valence electrons. The third-order valence-electron chi connectivity index (χ3n) is 6.95. The molecule has 0 N–H and O–H groups in total. The van der Waals surface area contributed by atoms with Crippen molar-refractivity contribution in [2.24, 2.45) is 0 Å². The molecule has 0 saturated carbocycles. The summed E-state index contributed by atoms with van der Waals surface area (Å²) in [7, 11) is -7.29. The molecule has 1 rings (SSSR count). The first-order chi connectivity index (χ1) is 19.9. The third kappa shape index (κ3) is 12.1. The first kappa shape index (κ1) is 38.8. The Kier molecular flexibility index (Phi) is 17.8. The van der Waals surface area contributed by atoms with E-state index in [1.807, 2.05) is 48.1 Å². The van der Waals surface area contributed by atoms with Crippen LogP contribution in [0.25, 0.3) is 0 Å². The molecular weight excluding hydrogens is 595 g/mol. The molecule has 0 saturated heterocycles. The van der Waals surface area contributed by atoms with Gasteiger partial charge < -0.3 is 26.6 Å². The Morgan fingerprint density at radius 3 is 1.17 bits per heavy atom. The number of aromatic nitrogens is 3. The van der Waals surface area contributed by atoms with Gasteiger partial charge in [0.2, 0.25) is 0 Å². The van der Waals surface area contributed by atoms with E-state index in [4.69, 9.17) is 26.6 Å². The second-order valence-electron chi connectivity index (χ2n) is 10.8. The summed E-state index contributed by atoms with van der Waals surface area (Å²) in [4.78, 5) is 40.7. The highest BCUT2D eigenvalue weighted by molar-refractivity contribution is 6.71. The van der Waals surface area contributed by atoms with Crippen molar-refractivity contribution in [1.82, 2.24) is 13.7 Å². The van der Waals surface area contributed by atoms with Gasteiger partial charge >= 0.3 is 34.4 Å². The van der Waals surface area contributed by atoms with Gasteiger partial charge in [-0.3, -0.25) is 0 Å². The third-order valence-corrected chi connectivity index (χ3v) is 15.8. The molecule has 0 amide bonds. The summed E-state index contributed by atoms with van der Waals surface area (Å²) in [5, 5.41) is 0. The summed E-state index contributed by atoms with van der Waals surface area (Å²) >= 11 is 0. The Morgan fingerprint density at radius 2 is 0.810 bits per heavy atom. The SMILES string of the molecule is CCO[Si](C)(C)CCCn1c(=O)n(CCC[Si](C)(OCC)OCC)c(=O)n(CCC[Si](OCC)(OCC)OCC)c1=O. The van der Waals surface area contributed by atoms with Crippen molar-refractivity contribution in [1.29, 1.82) is 0 Å². The van der Waals surface area contributed by atoms with Crippen LogP contribution in [0.3, 0.4) is 0 Å². The summed E-state index contributed by atoms with van der Waals surface area (Å²) in [6, 6.07) is 1.87. The quantitative estimate of drug-likeness (QED) is 0.154. The van der Waals surface area contributed by atoms with Gasteiger partial charge in [0.25, 0.3) is 0 Å². The van der Waals surface area contributed by atoms with E-state index >= 15 is 0 Å². The van der Waals surface area contributed by atoms with Crippen LogP contribution in [0, 0.1) is 0 Å². The molecule has 12 nitrogen and oxygen atoms in total. The molecular formula is C27H57N3O9Si3. The molecule has 1 heterocycles. The molecule has 0 radical (unpaired) electrons. The molecule has 1 aromatic rings.